The molecule has 1 aromatic carbocycles. The van der Waals surface area contributed by atoms with Gasteiger partial charge in [0.15, 0.2) is 0 Å². The number of halogens is 2. The molecule has 2 fully saturated rings. The highest BCUT2D eigenvalue weighted by molar-refractivity contribution is 6.42. The monoisotopic (exact) mass is 342 g/mol. The van der Waals surface area contributed by atoms with Crippen LogP contribution in [0.2, 0.25) is 10.0 Å². The van der Waals surface area contributed by atoms with Crippen LogP contribution in [-0.2, 0) is 0 Å². The van der Waals surface area contributed by atoms with Gasteiger partial charge in [0.1, 0.15) is 6.10 Å². The summed E-state index contributed by atoms with van der Waals surface area (Å²) in [6.45, 7) is 0. The van der Waals surface area contributed by atoms with Gasteiger partial charge in [-0.15, -0.1) is 4.91 Å². The van der Waals surface area contributed by atoms with Crippen LogP contribution in [-0.4, -0.2) is 21.7 Å². The molecule has 0 radical (unpaired) electrons. The first-order valence-corrected chi connectivity index (χ1v) is 8.59. The zero-order valence-corrected chi connectivity index (χ0v) is 13.9. The number of benzene rings is 1. The third kappa shape index (κ3) is 2.72. The van der Waals surface area contributed by atoms with Crippen molar-refractivity contribution >= 4 is 23.2 Å². The van der Waals surface area contributed by atoms with Crippen LogP contribution in [0, 0.1) is 4.91 Å². The van der Waals surface area contributed by atoms with Crippen molar-refractivity contribution in [3.8, 4) is 0 Å². The van der Waals surface area contributed by atoms with E-state index in [1.807, 2.05) is 0 Å². The van der Waals surface area contributed by atoms with Crippen LogP contribution >= 0.6 is 23.2 Å². The molecule has 1 aromatic rings. The predicted molar refractivity (Wildman–Crippen MR) is 87.9 cm³/mol. The van der Waals surface area contributed by atoms with E-state index >= 15 is 0 Å². The van der Waals surface area contributed by atoms with Crippen molar-refractivity contribution in [1.29, 1.82) is 0 Å². The van der Waals surface area contributed by atoms with Crippen LogP contribution in [0.3, 0.4) is 0 Å². The normalized spacial score (nSPS) is 25.4. The van der Waals surface area contributed by atoms with Gasteiger partial charge < -0.3 is 5.11 Å². The summed E-state index contributed by atoms with van der Waals surface area (Å²) in [4.78, 5) is 11.5. The maximum atomic E-state index is 11.5. The first-order chi connectivity index (χ1) is 10.6. The molecule has 1 aliphatic carbocycles. The van der Waals surface area contributed by atoms with Gasteiger partial charge >= 0.3 is 0 Å². The lowest BCUT2D eigenvalue weighted by Gasteiger charge is -2.47. The second kappa shape index (κ2) is 6.34. The number of rotatable bonds is 3. The minimum absolute atomic E-state index is 0.151. The first-order valence-electron chi connectivity index (χ1n) is 7.83. The summed E-state index contributed by atoms with van der Waals surface area (Å²) in [5, 5.41) is 16.6. The summed E-state index contributed by atoms with van der Waals surface area (Å²) in [6.07, 6.45) is 6.20. The molecule has 0 amide bonds. The minimum Gasteiger partial charge on any atom is -0.386 e. The van der Waals surface area contributed by atoms with Gasteiger partial charge in [0.05, 0.1) is 26.9 Å². The van der Waals surface area contributed by atoms with Crippen molar-refractivity contribution in [1.82, 2.24) is 5.01 Å². The average Bonchev–Trinajstić information content (AvgIpc) is 2.98. The van der Waals surface area contributed by atoms with E-state index in [0.717, 1.165) is 44.9 Å². The highest BCUT2D eigenvalue weighted by Crippen LogP contribution is 2.46. The Hall–Kier alpha value is -0.840. The molecule has 1 aliphatic heterocycles. The summed E-state index contributed by atoms with van der Waals surface area (Å²) in [5.74, 6) is 0. The SMILES string of the molecule is O=NN1C(C(O)c2ccc(Cl)c(Cl)c2)CCCC12CCCC2. The van der Waals surface area contributed by atoms with Crippen molar-refractivity contribution in [2.75, 3.05) is 0 Å². The van der Waals surface area contributed by atoms with Gasteiger partial charge in [0, 0.05) is 0 Å². The second-order valence-electron chi connectivity index (χ2n) is 6.44. The maximum Gasteiger partial charge on any atom is 0.101 e. The van der Waals surface area contributed by atoms with E-state index in [1.54, 1.807) is 23.2 Å². The number of hydrogen-bond acceptors (Lipinski definition) is 3. The Morgan fingerprint density at radius 3 is 2.50 bits per heavy atom. The van der Waals surface area contributed by atoms with E-state index in [2.05, 4.69) is 5.29 Å². The topological polar surface area (TPSA) is 52.9 Å². The van der Waals surface area contributed by atoms with Crippen molar-refractivity contribution < 1.29 is 5.11 Å². The van der Waals surface area contributed by atoms with Gasteiger partial charge in [-0.2, -0.15) is 0 Å². The molecule has 2 atom stereocenters. The van der Waals surface area contributed by atoms with Crippen molar-refractivity contribution in [2.45, 2.75) is 62.6 Å². The third-order valence-corrected chi connectivity index (χ3v) is 5.95. The van der Waals surface area contributed by atoms with E-state index in [0.29, 0.717) is 15.6 Å². The molecule has 3 rings (SSSR count). The van der Waals surface area contributed by atoms with Gasteiger partial charge in [-0.1, -0.05) is 42.1 Å². The molecule has 2 aliphatic rings. The van der Waals surface area contributed by atoms with Crippen LogP contribution < -0.4 is 0 Å². The molecule has 0 aromatic heterocycles. The number of piperidine rings is 1. The lowest BCUT2D eigenvalue weighted by Crippen LogP contribution is -2.53. The summed E-state index contributed by atoms with van der Waals surface area (Å²) >= 11 is 12.0. The minimum atomic E-state index is -0.787. The Morgan fingerprint density at radius 2 is 1.86 bits per heavy atom. The van der Waals surface area contributed by atoms with Crippen LogP contribution in [0.15, 0.2) is 23.5 Å². The zero-order valence-electron chi connectivity index (χ0n) is 12.3. The Kier molecular flexibility index (Phi) is 4.62. The molecule has 2 unspecified atom stereocenters. The van der Waals surface area contributed by atoms with Gasteiger partial charge in [0.25, 0.3) is 0 Å². The molecule has 1 saturated carbocycles. The van der Waals surface area contributed by atoms with Crippen LogP contribution in [0.1, 0.15) is 56.6 Å². The van der Waals surface area contributed by atoms with Gasteiger partial charge in [-0.3, -0.25) is 0 Å². The molecular formula is C16H20Cl2N2O2. The quantitative estimate of drug-likeness (QED) is 0.796. The molecule has 4 nitrogen and oxygen atoms in total. The van der Waals surface area contributed by atoms with E-state index in [4.69, 9.17) is 23.2 Å². The maximum absolute atomic E-state index is 11.5. The largest absolute Gasteiger partial charge is 0.386 e. The summed E-state index contributed by atoms with van der Waals surface area (Å²) in [6, 6.07) is 4.82. The number of aliphatic hydroxyl groups is 1. The Morgan fingerprint density at radius 1 is 1.18 bits per heavy atom. The first kappa shape index (κ1) is 16.0. The average molecular weight is 343 g/mol. The standard InChI is InChI=1S/C16H20Cl2N2O2/c17-12-6-5-11(10-13(12)18)15(21)14-4-3-9-16(20(14)19-22)7-1-2-8-16/h5-6,10,14-15,21H,1-4,7-9H2. The Bertz CT molecular complexity index is 561. The number of nitroso groups, excluding NO2 is 1. The highest BCUT2D eigenvalue weighted by atomic mass is 35.5. The molecule has 6 heteroatoms. The third-order valence-electron chi connectivity index (χ3n) is 5.21. The highest BCUT2D eigenvalue weighted by Gasteiger charge is 2.47. The smallest absolute Gasteiger partial charge is 0.101 e. The molecule has 1 spiro atoms. The molecule has 22 heavy (non-hydrogen) atoms. The fourth-order valence-electron chi connectivity index (χ4n) is 4.10. The van der Waals surface area contributed by atoms with Gasteiger partial charge in [0.2, 0.25) is 0 Å². The number of hydrogen-bond donors (Lipinski definition) is 1. The van der Waals surface area contributed by atoms with Crippen molar-refractivity contribution in [2.24, 2.45) is 5.29 Å². The lowest BCUT2D eigenvalue weighted by molar-refractivity contribution is -0.0548. The van der Waals surface area contributed by atoms with Gasteiger partial charge in [-0.05, 0) is 49.8 Å². The summed E-state index contributed by atoms with van der Waals surface area (Å²) in [5.41, 5.74) is 0.532. The molecule has 0 bridgehead atoms. The molecule has 1 heterocycles. The zero-order chi connectivity index (χ0) is 15.7. The molecule has 120 valence electrons. The molecule has 1 saturated heterocycles. The molecule has 1 N–H and O–H groups in total. The molecular weight excluding hydrogens is 323 g/mol. The lowest BCUT2D eigenvalue weighted by atomic mass is 9.81. The number of nitrogens with zero attached hydrogens (tertiary/aromatic N) is 2. The second-order valence-corrected chi connectivity index (χ2v) is 7.25. The fourth-order valence-corrected chi connectivity index (χ4v) is 4.40. The van der Waals surface area contributed by atoms with Crippen LogP contribution in [0.25, 0.3) is 0 Å². The van der Waals surface area contributed by atoms with Crippen molar-refractivity contribution in [3.63, 3.8) is 0 Å². The van der Waals surface area contributed by atoms with Crippen LogP contribution in [0.5, 0.6) is 0 Å². The van der Waals surface area contributed by atoms with E-state index < -0.39 is 6.10 Å². The summed E-state index contributed by atoms with van der Waals surface area (Å²) < 4.78 is 0. The Labute approximate surface area is 140 Å². The fraction of sp³-hybridized carbons (Fsp3) is 0.625. The predicted octanol–water partition coefficient (Wildman–Crippen LogP) is 4.88. The summed E-state index contributed by atoms with van der Waals surface area (Å²) in [7, 11) is 0. The van der Waals surface area contributed by atoms with E-state index in [1.165, 1.54) is 0 Å². The van der Waals surface area contributed by atoms with Crippen molar-refractivity contribution in [3.05, 3.63) is 38.7 Å². The van der Waals surface area contributed by atoms with E-state index in [9.17, 15) is 10.0 Å². The van der Waals surface area contributed by atoms with E-state index in [-0.39, 0.29) is 11.6 Å². The van der Waals surface area contributed by atoms with Crippen LogP contribution in [0.4, 0.5) is 0 Å². The Balaban J connectivity index is 1.88. The van der Waals surface area contributed by atoms with Gasteiger partial charge in [-0.25, -0.2) is 5.01 Å². The number of aliphatic hydroxyl groups excluding tert-OH is 1.